The molecule has 0 aliphatic carbocycles. The van der Waals surface area contributed by atoms with Crippen molar-refractivity contribution in [1.82, 2.24) is 0 Å². The molecule has 0 amide bonds. The number of rotatable bonds is 6. The van der Waals surface area contributed by atoms with Crippen molar-refractivity contribution in [2.75, 3.05) is 17.6 Å². The first kappa shape index (κ1) is 12.2. The Balaban J connectivity index is 2.15. The molecule has 0 aromatic heterocycles. The lowest BCUT2D eigenvalue weighted by Crippen LogP contribution is -2.03. The van der Waals surface area contributed by atoms with E-state index in [1.165, 1.54) is 5.56 Å². The molecular weight excluding hydrogens is 210 g/mol. The van der Waals surface area contributed by atoms with Crippen LogP contribution in [-0.4, -0.2) is 21.1 Å². The van der Waals surface area contributed by atoms with E-state index >= 15 is 0 Å². The smallest absolute Gasteiger partial charge is 0.152 e. The van der Waals surface area contributed by atoms with Gasteiger partial charge in [-0.1, -0.05) is 17.7 Å². The highest BCUT2D eigenvalue weighted by molar-refractivity contribution is 7.79. The molecule has 1 unspecified atom stereocenters. The van der Waals surface area contributed by atoms with Crippen LogP contribution in [0.2, 0.25) is 0 Å². The van der Waals surface area contributed by atoms with Gasteiger partial charge in [-0.25, -0.2) is 4.21 Å². The molecule has 0 saturated heterocycles. The Morgan fingerprint density at radius 1 is 1.27 bits per heavy atom. The van der Waals surface area contributed by atoms with Gasteiger partial charge in [0.05, 0.1) is 0 Å². The van der Waals surface area contributed by atoms with Gasteiger partial charge in [-0.3, -0.25) is 0 Å². The van der Waals surface area contributed by atoms with Gasteiger partial charge in [0.2, 0.25) is 0 Å². The molecule has 0 saturated carbocycles. The zero-order valence-electron chi connectivity index (χ0n) is 8.90. The maximum absolute atomic E-state index is 10.4. The first-order chi connectivity index (χ1) is 7.18. The quantitative estimate of drug-likeness (QED) is 0.579. The second-order valence-electron chi connectivity index (χ2n) is 3.53. The van der Waals surface area contributed by atoms with Crippen LogP contribution in [0.5, 0.6) is 0 Å². The molecule has 84 valence electrons. The monoisotopic (exact) mass is 227 g/mol. The Kier molecular flexibility index (Phi) is 5.36. The molecular formula is C11H17NO2S. The topological polar surface area (TPSA) is 49.3 Å². The van der Waals surface area contributed by atoms with E-state index < -0.39 is 11.1 Å². The van der Waals surface area contributed by atoms with Gasteiger partial charge >= 0.3 is 0 Å². The maximum atomic E-state index is 10.4. The first-order valence-electron chi connectivity index (χ1n) is 5.06. The van der Waals surface area contributed by atoms with Gasteiger partial charge in [0.15, 0.2) is 11.1 Å². The summed E-state index contributed by atoms with van der Waals surface area (Å²) in [5, 5.41) is 3.27. The highest BCUT2D eigenvalue weighted by atomic mass is 32.2. The van der Waals surface area contributed by atoms with Gasteiger partial charge in [-0.2, -0.15) is 0 Å². The fourth-order valence-electron chi connectivity index (χ4n) is 1.25. The van der Waals surface area contributed by atoms with Gasteiger partial charge < -0.3 is 9.87 Å². The zero-order chi connectivity index (χ0) is 11.1. The van der Waals surface area contributed by atoms with Crippen LogP contribution in [0.15, 0.2) is 24.3 Å². The average molecular weight is 227 g/mol. The molecule has 1 rings (SSSR count). The summed E-state index contributed by atoms with van der Waals surface area (Å²) in [6.07, 6.45) is 1.70. The van der Waals surface area contributed by atoms with Crippen molar-refractivity contribution < 1.29 is 8.76 Å². The van der Waals surface area contributed by atoms with E-state index in [1.807, 2.05) is 12.1 Å². The van der Waals surface area contributed by atoms with Gasteiger partial charge in [-0.05, 0) is 31.9 Å². The van der Waals surface area contributed by atoms with Crippen molar-refractivity contribution in [3.8, 4) is 0 Å². The summed E-state index contributed by atoms with van der Waals surface area (Å²) in [6.45, 7) is 2.90. The molecule has 4 heteroatoms. The van der Waals surface area contributed by atoms with E-state index in [4.69, 9.17) is 4.55 Å². The predicted molar refractivity (Wildman–Crippen MR) is 64.5 cm³/mol. The molecule has 0 aliphatic heterocycles. The summed E-state index contributed by atoms with van der Waals surface area (Å²) in [5.74, 6) is 0.371. The summed E-state index contributed by atoms with van der Waals surface area (Å²) < 4.78 is 18.9. The summed E-state index contributed by atoms with van der Waals surface area (Å²) in [4.78, 5) is 0. The molecule has 3 nitrogen and oxygen atoms in total. The molecule has 0 fully saturated rings. The van der Waals surface area contributed by atoms with E-state index in [0.29, 0.717) is 5.75 Å². The minimum absolute atomic E-state index is 0.371. The normalized spacial score (nSPS) is 12.4. The lowest BCUT2D eigenvalue weighted by Gasteiger charge is -2.05. The van der Waals surface area contributed by atoms with Gasteiger partial charge in [-0.15, -0.1) is 0 Å². The molecule has 0 radical (unpaired) electrons. The van der Waals surface area contributed by atoms with Crippen LogP contribution in [-0.2, 0) is 11.1 Å². The SMILES string of the molecule is Cc1ccc(NCCCCS(=O)O)cc1. The van der Waals surface area contributed by atoms with Crippen LogP contribution in [0.25, 0.3) is 0 Å². The number of hydrogen-bond donors (Lipinski definition) is 2. The summed E-state index contributed by atoms with van der Waals surface area (Å²) in [5.41, 5.74) is 2.35. The van der Waals surface area contributed by atoms with Crippen molar-refractivity contribution in [2.45, 2.75) is 19.8 Å². The van der Waals surface area contributed by atoms with E-state index in [2.05, 4.69) is 24.4 Å². The molecule has 1 atom stereocenters. The third-order valence-electron chi connectivity index (χ3n) is 2.13. The van der Waals surface area contributed by atoms with Crippen LogP contribution >= 0.6 is 0 Å². The Bertz CT molecular complexity index is 311. The molecule has 0 aliphatic rings. The van der Waals surface area contributed by atoms with Gasteiger partial charge in [0, 0.05) is 18.0 Å². The molecule has 15 heavy (non-hydrogen) atoms. The number of anilines is 1. The Morgan fingerprint density at radius 3 is 2.53 bits per heavy atom. The number of aryl methyl sites for hydroxylation is 1. The van der Waals surface area contributed by atoms with Crippen LogP contribution < -0.4 is 5.32 Å². The summed E-state index contributed by atoms with van der Waals surface area (Å²) in [7, 11) is 0. The van der Waals surface area contributed by atoms with E-state index in [0.717, 1.165) is 25.1 Å². The molecule has 1 aromatic carbocycles. The van der Waals surface area contributed by atoms with E-state index in [1.54, 1.807) is 0 Å². The molecule has 0 spiro atoms. The van der Waals surface area contributed by atoms with Crippen molar-refractivity contribution in [1.29, 1.82) is 0 Å². The molecule has 0 bridgehead atoms. The lowest BCUT2D eigenvalue weighted by atomic mass is 10.2. The van der Waals surface area contributed by atoms with Crippen molar-refractivity contribution in [2.24, 2.45) is 0 Å². The molecule has 0 heterocycles. The van der Waals surface area contributed by atoms with Crippen LogP contribution in [0.3, 0.4) is 0 Å². The fraction of sp³-hybridized carbons (Fsp3) is 0.455. The standard InChI is InChI=1S/C11H17NO2S/c1-10-4-6-11(7-5-10)12-8-2-3-9-15(13)14/h4-7,12H,2-3,8-9H2,1H3,(H,13,14). The van der Waals surface area contributed by atoms with Crippen LogP contribution in [0.4, 0.5) is 5.69 Å². The fourth-order valence-corrected chi connectivity index (χ4v) is 1.71. The highest BCUT2D eigenvalue weighted by Gasteiger charge is 1.94. The summed E-state index contributed by atoms with van der Waals surface area (Å²) >= 11 is -1.64. The van der Waals surface area contributed by atoms with Crippen LogP contribution in [0.1, 0.15) is 18.4 Å². The second kappa shape index (κ2) is 6.58. The molecule has 1 aromatic rings. The number of nitrogens with one attached hydrogen (secondary N) is 1. The minimum Gasteiger partial charge on any atom is -0.385 e. The van der Waals surface area contributed by atoms with Crippen molar-refractivity contribution in [3.05, 3.63) is 29.8 Å². The number of hydrogen-bond acceptors (Lipinski definition) is 2. The van der Waals surface area contributed by atoms with Crippen molar-refractivity contribution >= 4 is 16.8 Å². The minimum atomic E-state index is -1.64. The Morgan fingerprint density at radius 2 is 1.93 bits per heavy atom. The van der Waals surface area contributed by atoms with Crippen LogP contribution in [0, 0.1) is 6.92 Å². The summed E-state index contributed by atoms with van der Waals surface area (Å²) in [6, 6.07) is 8.20. The van der Waals surface area contributed by atoms with Gasteiger partial charge in [0.25, 0.3) is 0 Å². The Hall–Kier alpha value is -0.870. The lowest BCUT2D eigenvalue weighted by molar-refractivity contribution is 0.560. The average Bonchev–Trinajstić information content (AvgIpc) is 2.20. The third kappa shape index (κ3) is 5.54. The highest BCUT2D eigenvalue weighted by Crippen LogP contribution is 2.08. The second-order valence-corrected chi connectivity index (χ2v) is 4.58. The van der Waals surface area contributed by atoms with E-state index in [-0.39, 0.29) is 0 Å². The first-order valence-corrected chi connectivity index (χ1v) is 6.34. The largest absolute Gasteiger partial charge is 0.385 e. The Labute approximate surface area is 93.2 Å². The predicted octanol–water partition coefficient (Wildman–Crippen LogP) is 2.41. The number of unbranched alkanes of at least 4 members (excludes halogenated alkanes) is 1. The van der Waals surface area contributed by atoms with E-state index in [9.17, 15) is 4.21 Å². The van der Waals surface area contributed by atoms with Crippen molar-refractivity contribution in [3.63, 3.8) is 0 Å². The van der Waals surface area contributed by atoms with Gasteiger partial charge in [0.1, 0.15) is 0 Å². The zero-order valence-corrected chi connectivity index (χ0v) is 9.72. The molecule has 2 N–H and O–H groups in total. The maximum Gasteiger partial charge on any atom is 0.152 e. The number of benzene rings is 1. The third-order valence-corrected chi connectivity index (χ3v) is 2.76.